The van der Waals surface area contributed by atoms with Crippen molar-refractivity contribution >= 4 is 35.8 Å². The molecule has 2 bridgehead atoms. The average Bonchev–Trinajstić information content (AvgIpc) is 1.58. The van der Waals surface area contributed by atoms with Crippen LogP contribution in [0.4, 0.5) is 59.4 Å². The molecule has 7 rings (SSSR count). The highest BCUT2D eigenvalue weighted by molar-refractivity contribution is 5.89. The lowest BCUT2D eigenvalue weighted by Crippen LogP contribution is -2.62. The number of carbonyl (C=O) groups excluding carboxylic acids is 5. The molecular weight excluding hydrogens is 1210 g/mol. The summed E-state index contributed by atoms with van der Waals surface area (Å²) in [6.07, 6.45) is -10.7. The lowest BCUT2D eigenvalue weighted by Gasteiger charge is -2.47. The number of hydrogen-bond donors (Lipinski definition) is 3. The summed E-state index contributed by atoms with van der Waals surface area (Å²) in [4.78, 5) is 82.6. The van der Waals surface area contributed by atoms with Gasteiger partial charge in [-0.05, 0) is 82.9 Å². The number of carbonyl (C=O) groups is 5. The van der Waals surface area contributed by atoms with Crippen LogP contribution in [0.25, 0.3) is 11.3 Å². The molecule has 6 atom stereocenters. The van der Waals surface area contributed by atoms with Gasteiger partial charge in [-0.1, -0.05) is 24.0 Å². The standard InChI is InChI=1S/C60H73F10N11O9/c1-57(2,59(65,66)67)50(73-55(85)87-8)47(82)26-39(23-36-15-12-35(13-16-36)14-17-37-27-71-54(72-28-37)77-29-40-18-19-41(30-77)80(40)42-33-89-34-42)48(90-49(83)11-10-22-81(5,6)7)32-78(76-52(84)51(74-56(86)88-9)58(3,4)60(68,69)70)31-43-44(61)24-38(25-45(43)62)46-20-21-79(75-46)53(63)64/h12-13,15-16,20-21,24-25,27-28,39-42,48,50-51,53H,10-11,18-19,22-23,26,29-34H2,1-9H3,(H2-,73,74,76,84,85,86)/p+1/t39-,40?,41?,48+,50-,51-/m1/s1. The Bertz CT molecular complexity index is 3200. The molecule has 2 unspecified atom stereocenters. The molecule has 3 amide bonds. The van der Waals surface area contributed by atoms with E-state index in [0.717, 1.165) is 65.6 Å². The van der Waals surface area contributed by atoms with Gasteiger partial charge in [0.2, 0.25) is 5.95 Å². The molecule has 3 saturated heterocycles. The molecule has 3 aliphatic rings. The summed E-state index contributed by atoms with van der Waals surface area (Å²) in [5.74, 6) is -1.78. The number of quaternary nitrogens is 1. The van der Waals surface area contributed by atoms with E-state index in [1.165, 1.54) is 12.1 Å². The Balaban J connectivity index is 1.28. The van der Waals surface area contributed by atoms with E-state index in [0.29, 0.717) is 96.6 Å². The monoisotopic (exact) mass is 1280 g/mol. The van der Waals surface area contributed by atoms with Crippen molar-refractivity contribution in [2.75, 3.05) is 79.7 Å². The molecule has 0 aliphatic carbocycles. The first-order valence-corrected chi connectivity index (χ1v) is 28.8. The number of anilines is 1. The van der Waals surface area contributed by atoms with E-state index in [4.69, 9.17) is 9.47 Å². The SMILES string of the molecule is COC(=O)N[C@H](C(=O)C[C@@H](Cc1ccc(C#Cc2cnc(N3CC4CCC(C3)N4C3COC3)nc2)cc1)[C@H](CN(Cc1c(F)cc(-c2ccn(C(F)F)n2)cc1F)NC(=O)[C@@H](NC(=O)OC)C(C)(C)C(F)(F)F)OC(=O)CCC[N+](C)(C)C)C(C)(C)C(F)(F)F. The van der Waals surface area contributed by atoms with Gasteiger partial charge >= 0.3 is 37.1 Å². The molecule has 3 fully saturated rings. The van der Waals surface area contributed by atoms with Crippen LogP contribution in [0, 0.1) is 40.2 Å². The number of alkyl halides is 8. The molecule has 5 heterocycles. The van der Waals surface area contributed by atoms with Gasteiger partial charge in [0.15, 0.2) is 5.78 Å². The van der Waals surface area contributed by atoms with Crippen LogP contribution in [0.15, 0.2) is 61.1 Å². The van der Waals surface area contributed by atoms with E-state index < -0.39 is 127 Å². The average molecular weight is 1280 g/mol. The van der Waals surface area contributed by atoms with Crippen LogP contribution in [0.1, 0.15) is 88.6 Å². The molecule has 30 heteroatoms. The third-order valence-corrected chi connectivity index (χ3v) is 16.4. The largest absolute Gasteiger partial charge is 0.461 e. The van der Waals surface area contributed by atoms with Crippen LogP contribution >= 0.6 is 0 Å². The molecule has 3 aliphatic heterocycles. The van der Waals surface area contributed by atoms with E-state index in [1.54, 1.807) is 24.5 Å². The fraction of sp³-hybridized carbons (Fsp3) is 0.567. The number of rotatable bonds is 25. The van der Waals surface area contributed by atoms with E-state index >= 15 is 8.78 Å². The number of methoxy groups -OCH3 is 2. The number of amides is 3. The third-order valence-electron chi connectivity index (χ3n) is 16.4. The number of nitrogens with zero attached hydrogens (tertiary/aromatic N) is 8. The number of esters is 1. The number of fused-ring (bicyclic) bond motifs is 2. The second-order valence-corrected chi connectivity index (χ2v) is 24.7. The predicted octanol–water partition coefficient (Wildman–Crippen LogP) is 8.14. The number of hydrazine groups is 1. The molecule has 20 nitrogen and oxygen atoms in total. The smallest absolute Gasteiger partial charge is 0.407 e. The fourth-order valence-electron chi connectivity index (χ4n) is 10.9. The number of halogens is 10. The number of hydrogen-bond acceptors (Lipinski definition) is 15. The summed E-state index contributed by atoms with van der Waals surface area (Å²) in [7, 11) is 7.10. The maximum absolute atomic E-state index is 16.5. The summed E-state index contributed by atoms with van der Waals surface area (Å²) >= 11 is 0. The van der Waals surface area contributed by atoms with Gasteiger partial charge in [-0.3, -0.25) is 24.7 Å². The number of ether oxygens (including phenoxy) is 4. The zero-order chi connectivity index (χ0) is 66.3. The van der Waals surface area contributed by atoms with Crippen LogP contribution in [0.2, 0.25) is 0 Å². The molecule has 0 saturated carbocycles. The van der Waals surface area contributed by atoms with Crippen molar-refractivity contribution in [1.29, 1.82) is 0 Å². The van der Waals surface area contributed by atoms with Crippen molar-refractivity contribution in [1.82, 2.24) is 45.7 Å². The predicted molar refractivity (Wildman–Crippen MR) is 304 cm³/mol. The van der Waals surface area contributed by atoms with Crippen LogP contribution in [-0.4, -0.2) is 187 Å². The van der Waals surface area contributed by atoms with Crippen molar-refractivity contribution < 1.29 is 91.3 Å². The first kappa shape index (κ1) is 69.8. The topological polar surface area (TPSA) is 212 Å². The maximum atomic E-state index is 16.5. The van der Waals surface area contributed by atoms with E-state index in [1.807, 2.05) is 31.8 Å². The summed E-state index contributed by atoms with van der Waals surface area (Å²) in [6, 6.07) is 4.74. The molecule has 4 aromatic rings. The lowest BCUT2D eigenvalue weighted by molar-refractivity contribution is -0.870. The Morgan fingerprint density at radius 1 is 0.789 bits per heavy atom. The van der Waals surface area contributed by atoms with Gasteiger partial charge in [-0.15, -0.1) is 0 Å². The normalized spacial score (nSPS) is 18.0. The number of aromatic nitrogens is 4. The first-order chi connectivity index (χ1) is 42.1. The molecule has 0 spiro atoms. The van der Waals surface area contributed by atoms with Gasteiger partial charge in [0, 0.05) is 85.8 Å². The molecule has 492 valence electrons. The van der Waals surface area contributed by atoms with Crippen molar-refractivity contribution in [3.05, 3.63) is 94.9 Å². The Morgan fingerprint density at radius 2 is 1.34 bits per heavy atom. The molecule has 0 radical (unpaired) electrons. The molecule has 2 aromatic heterocycles. The van der Waals surface area contributed by atoms with E-state index in [2.05, 4.69) is 51.6 Å². The minimum atomic E-state index is -5.26. The van der Waals surface area contributed by atoms with Crippen molar-refractivity contribution in [2.45, 2.75) is 128 Å². The van der Waals surface area contributed by atoms with Crippen LogP contribution in [0.3, 0.4) is 0 Å². The molecular formula is C60H74F10N11O9+. The zero-order valence-electron chi connectivity index (χ0n) is 51.1. The lowest BCUT2D eigenvalue weighted by atomic mass is 9.77. The highest BCUT2D eigenvalue weighted by Gasteiger charge is 2.57. The molecule has 90 heavy (non-hydrogen) atoms. The Labute approximate surface area is 513 Å². The highest BCUT2D eigenvalue weighted by atomic mass is 19.4. The van der Waals surface area contributed by atoms with Gasteiger partial charge in [-0.25, -0.2) is 38.0 Å². The number of benzene rings is 2. The van der Waals surface area contributed by atoms with Gasteiger partial charge in [0.25, 0.3) is 5.91 Å². The quantitative estimate of drug-likeness (QED) is 0.0143. The van der Waals surface area contributed by atoms with Crippen LogP contribution in [0.5, 0.6) is 0 Å². The minimum absolute atomic E-state index is 0.156. The number of Topliss-reactive ketones (excluding diaryl/α,β-unsaturated/α-hetero) is 1. The van der Waals surface area contributed by atoms with Crippen LogP contribution in [-0.2, 0) is 46.3 Å². The number of ketones is 1. The number of alkyl carbamates (subject to hydrolysis) is 2. The van der Waals surface area contributed by atoms with E-state index in [9.17, 15) is 59.1 Å². The van der Waals surface area contributed by atoms with Gasteiger partial charge in [-0.2, -0.15) is 40.2 Å². The maximum Gasteiger partial charge on any atom is 0.407 e. The third kappa shape index (κ3) is 17.4. The fourth-order valence-corrected chi connectivity index (χ4v) is 10.9. The van der Waals surface area contributed by atoms with Gasteiger partial charge < -0.3 is 39.0 Å². The van der Waals surface area contributed by atoms with Crippen molar-refractivity contribution in [2.24, 2.45) is 16.7 Å². The van der Waals surface area contributed by atoms with Gasteiger partial charge in [0.1, 0.15) is 29.8 Å². The highest BCUT2D eigenvalue weighted by Crippen LogP contribution is 2.43. The second-order valence-electron chi connectivity index (χ2n) is 24.7. The summed E-state index contributed by atoms with van der Waals surface area (Å²) in [5.41, 5.74) is -4.41. The summed E-state index contributed by atoms with van der Waals surface area (Å²) in [5, 5.41) is 8.04. The van der Waals surface area contributed by atoms with Gasteiger partial charge in [0.05, 0.1) is 96.2 Å². The Hall–Kier alpha value is -7.62. The van der Waals surface area contributed by atoms with Crippen LogP contribution < -0.4 is 21.0 Å². The first-order valence-electron chi connectivity index (χ1n) is 28.8. The second kappa shape index (κ2) is 28.7. The Morgan fingerprint density at radius 3 is 1.86 bits per heavy atom. The number of piperazine rings is 1. The zero-order valence-corrected chi connectivity index (χ0v) is 51.1. The van der Waals surface area contributed by atoms with E-state index in [-0.39, 0.29) is 28.8 Å². The summed E-state index contributed by atoms with van der Waals surface area (Å²) < 4.78 is 170. The molecule has 3 N–H and O–H groups in total. The van der Waals surface area contributed by atoms with Crippen molar-refractivity contribution in [3.8, 4) is 23.1 Å². The molecule has 2 aromatic carbocycles. The Kier molecular flexibility index (Phi) is 22.3. The summed E-state index contributed by atoms with van der Waals surface area (Å²) in [6.45, 7) is 0.416. The minimum Gasteiger partial charge on any atom is -0.461 e. The number of nitrogens with one attached hydrogen (secondary N) is 3. The van der Waals surface area contributed by atoms with Crippen molar-refractivity contribution in [3.63, 3.8) is 0 Å².